The van der Waals surface area contributed by atoms with Crippen molar-refractivity contribution in [3.8, 4) is 16.2 Å². The summed E-state index contributed by atoms with van der Waals surface area (Å²) in [5, 5.41) is 6.13. The zero-order valence-electron chi connectivity index (χ0n) is 40.9. The molecule has 4 amide bonds. The van der Waals surface area contributed by atoms with Gasteiger partial charge in [-0.15, -0.1) is 11.3 Å². The SMILES string of the molecule is [C-]#[N+]c1ccc(N2C(=O)C(C)(C)N(c3ccc(OCCCCCOCCCOCC(=O)N[C@H](C(=O)N4C[C@H](C)C[C@H]4C(=O)NCc4ccc(-c5scnc5C)cc4)C(C)(C)C)c(F)c3)C2=S)cc1C. The number of anilines is 2. The highest BCUT2D eigenvalue weighted by atomic mass is 32.1. The fourth-order valence-corrected chi connectivity index (χ4v) is 9.85. The molecule has 3 heterocycles. The Morgan fingerprint density at radius 2 is 1.67 bits per heavy atom. The Morgan fingerprint density at radius 3 is 2.33 bits per heavy atom. The molecule has 2 fully saturated rings. The van der Waals surface area contributed by atoms with Crippen LogP contribution in [0.3, 0.4) is 0 Å². The summed E-state index contributed by atoms with van der Waals surface area (Å²) in [4.78, 5) is 67.8. The molecule has 0 bridgehead atoms. The summed E-state index contributed by atoms with van der Waals surface area (Å²) < 4.78 is 32.5. The van der Waals surface area contributed by atoms with Gasteiger partial charge in [0.15, 0.2) is 22.4 Å². The molecule has 3 aromatic carbocycles. The number of benzene rings is 3. The minimum atomic E-state index is -1.08. The number of nitrogens with zero attached hydrogens (tertiary/aromatic N) is 5. The van der Waals surface area contributed by atoms with Crippen molar-refractivity contribution in [3.63, 3.8) is 0 Å². The molecule has 1 aromatic heterocycles. The molecule has 4 aromatic rings. The van der Waals surface area contributed by atoms with Crippen molar-refractivity contribution in [2.75, 3.05) is 49.4 Å². The van der Waals surface area contributed by atoms with Gasteiger partial charge in [-0.2, -0.15) is 0 Å². The van der Waals surface area contributed by atoms with Crippen molar-refractivity contribution in [2.24, 2.45) is 11.3 Å². The van der Waals surface area contributed by atoms with Crippen LogP contribution in [0.4, 0.5) is 21.5 Å². The van der Waals surface area contributed by atoms with E-state index in [9.17, 15) is 19.2 Å². The second kappa shape index (κ2) is 23.2. The van der Waals surface area contributed by atoms with Crippen LogP contribution < -0.4 is 25.2 Å². The highest BCUT2D eigenvalue weighted by Gasteiger charge is 2.50. The molecule has 2 aliphatic rings. The number of carbonyl (C=O) groups is 4. The highest BCUT2D eigenvalue weighted by molar-refractivity contribution is 7.81. The van der Waals surface area contributed by atoms with Crippen LogP contribution in [-0.2, 0) is 35.2 Å². The lowest BCUT2D eigenvalue weighted by Gasteiger charge is -2.35. The Morgan fingerprint density at radius 1 is 0.971 bits per heavy atom. The lowest BCUT2D eigenvalue weighted by molar-refractivity contribution is -0.144. The predicted octanol–water partition coefficient (Wildman–Crippen LogP) is 9.09. The second-order valence-electron chi connectivity index (χ2n) is 19.3. The second-order valence-corrected chi connectivity index (χ2v) is 20.6. The van der Waals surface area contributed by atoms with Crippen molar-refractivity contribution in [1.29, 1.82) is 0 Å². The molecule has 2 saturated heterocycles. The summed E-state index contributed by atoms with van der Waals surface area (Å²) in [6.07, 6.45) is 3.39. The maximum Gasteiger partial charge on any atom is 0.259 e. The monoisotopic (exact) mass is 981 g/mol. The van der Waals surface area contributed by atoms with Gasteiger partial charge in [0.2, 0.25) is 17.7 Å². The standard InChI is InChI=1S/C52H64FN7O7S2/c1-33-26-42(47(62)55-29-36-14-16-37(17-15-36)45-35(3)56-32-69-45)58(30-33)48(63)46(51(4,5)6)57-44(61)31-66-24-13-23-65-22-11-10-12-25-67-43-21-19-39(28-40(43)53)60-50(68)59(49(64)52(60,7)8)38-18-20-41(54-9)34(2)27-38/h14-21,27-28,32-33,42,46H,10-13,22-26,29-31H2,1-8H3,(H,55,62)(H,57,61)/t33-,42+,46-/m1/s1. The summed E-state index contributed by atoms with van der Waals surface area (Å²) in [5.74, 6) is -1.52. The van der Waals surface area contributed by atoms with E-state index in [-0.39, 0.29) is 41.1 Å². The van der Waals surface area contributed by atoms with Crippen LogP contribution in [0, 0.1) is 37.6 Å². The number of amides is 4. The third-order valence-corrected chi connectivity index (χ3v) is 13.7. The number of thiazole rings is 1. The molecule has 0 unspecified atom stereocenters. The quantitative estimate of drug-likeness (QED) is 0.0471. The van der Waals surface area contributed by atoms with Crippen molar-refractivity contribution in [3.05, 3.63) is 100 Å². The number of rotatable bonds is 21. The fraction of sp³-hybridized carbons (Fsp3) is 0.481. The molecule has 3 atom stereocenters. The molecule has 2 N–H and O–H groups in total. The first-order valence-corrected chi connectivity index (χ1v) is 24.7. The molecule has 17 heteroatoms. The summed E-state index contributed by atoms with van der Waals surface area (Å²) >= 11 is 7.33. The highest BCUT2D eigenvalue weighted by Crippen LogP contribution is 2.39. The van der Waals surface area contributed by atoms with Crippen molar-refractivity contribution < 1.29 is 37.8 Å². The molecular formula is C52H64FN7O7S2. The first kappa shape index (κ1) is 52.6. The van der Waals surface area contributed by atoms with Crippen LogP contribution in [-0.4, -0.2) is 95.8 Å². The smallest absolute Gasteiger partial charge is 0.259 e. The Hall–Kier alpha value is -5.80. The first-order chi connectivity index (χ1) is 32.8. The van der Waals surface area contributed by atoms with Gasteiger partial charge in [-0.05, 0) is 124 Å². The van der Waals surface area contributed by atoms with Crippen LogP contribution in [0.1, 0.15) is 90.5 Å². The summed E-state index contributed by atoms with van der Waals surface area (Å²) in [6.45, 7) is 24.4. The summed E-state index contributed by atoms with van der Waals surface area (Å²) in [6, 6.07) is 16.2. The van der Waals surface area contributed by atoms with Crippen LogP contribution in [0.2, 0.25) is 0 Å². The zero-order valence-corrected chi connectivity index (χ0v) is 42.5. The van der Waals surface area contributed by atoms with Crippen LogP contribution >= 0.6 is 23.6 Å². The largest absolute Gasteiger partial charge is 0.491 e. The van der Waals surface area contributed by atoms with Gasteiger partial charge in [-0.3, -0.25) is 24.1 Å². The molecule has 0 saturated carbocycles. The van der Waals surface area contributed by atoms with E-state index in [4.69, 9.17) is 33.0 Å². The Balaban J connectivity index is 0.852. The molecule has 69 heavy (non-hydrogen) atoms. The molecule has 0 spiro atoms. The number of hydrogen-bond donors (Lipinski definition) is 2. The number of ether oxygens (including phenoxy) is 3. The Kier molecular flexibility index (Phi) is 17.7. The van der Waals surface area contributed by atoms with E-state index < -0.39 is 34.8 Å². The minimum Gasteiger partial charge on any atom is -0.491 e. The molecule has 6 rings (SSSR count). The summed E-state index contributed by atoms with van der Waals surface area (Å²) in [7, 11) is 0. The maximum atomic E-state index is 15.3. The van der Waals surface area contributed by atoms with Gasteiger partial charge in [0.1, 0.15) is 24.2 Å². The van der Waals surface area contributed by atoms with Crippen molar-refractivity contribution in [1.82, 2.24) is 20.5 Å². The van der Waals surface area contributed by atoms with Gasteiger partial charge >= 0.3 is 0 Å². The van der Waals surface area contributed by atoms with E-state index in [1.54, 1.807) is 72.2 Å². The van der Waals surface area contributed by atoms with E-state index in [1.165, 1.54) is 11.0 Å². The van der Waals surface area contributed by atoms with Gasteiger partial charge < -0.3 is 34.6 Å². The topological polar surface area (TPSA) is 147 Å². The third-order valence-electron chi connectivity index (χ3n) is 12.3. The van der Waals surface area contributed by atoms with E-state index in [0.29, 0.717) is 75.8 Å². The van der Waals surface area contributed by atoms with Crippen molar-refractivity contribution in [2.45, 2.75) is 112 Å². The maximum absolute atomic E-state index is 15.3. The molecular weight excluding hydrogens is 918 g/mol. The van der Waals surface area contributed by atoms with E-state index in [2.05, 4.69) is 20.5 Å². The average Bonchev–Trinajstić information content (AvgIpc) is 3.97. The number of unbranched alkanes of at least 4 members (excludes halogenated alkanes) is 2. The van der Waals surface area contributed by atoms with E-state index in [1.807, 2.05) is 64.4 Å². The minimum absolute atomic E-state index is 0.104. The van der Waals surface area contributed by atoms with Gasteiger partial charge in [-0.25, -0.2) is 14.2 Å². The molecule has 0 aliphatic carbocycles. The fourth-order valence-electron chi connectivity index (χ4n) is 8.52. The van der Waals surface area contributed by atoms with Gasteiger partial charge in [0.25, 0.3) is 5.91 Å². The van der Waals surface area contributed by atoms with Crippen LogP contribution in [0.5, 0.6) is 5.75 Å². The lowest BCUT2D eigenvalue weighted by atomic mass is 9.85. The number of aromatic nitrogens is 1. The third kappa shape index (κ3) is 12.9. The average molecular weight is 982 g/mol. The number of halogens is 1. The number of aryl methyl sites for hydroxylation is 2. The molecule has 2 aliphatic heterocycles. The number of likely N-dealkylation sites (tertiary alicyclic amines) is 1. The Bertz CT molecular complexity index is 2540. The lowest BCUT2D eigenvalue weighted by Crippen LogP contribution is -2.58. The predicted molar refractivity (Wildman–Crippen MR) is 271 cm³/mol. The Labute approximate surface area is 414 Å². The number of carbonyl (C=O) groups excluding carboxylic acids is 4. The number of hydrogen-bond acceptors (Lipinski definition) is 10. The molecule has 0 radical (unpaired) electrons. The van der Waals surface area contributed by atoms with E-state index in [0.717, 1.165) is 40.1 Å². The van der Waals surface area contributed by atoms with Gasteiger partial charge in [0.05, 0.1) is 29.3 Å². The number of thiocarbonyl (C=S) groups is 1. The number of nitrogens with one attached hydrogen (secondary N) is 2. The summed E-state index contributed by atoms with van der Waals surface area (Å²) in [5.41, 5.74) is 5.32. The van der Waals surface area contributed by atoms with E-state index >= 15 is 4.39 Å². The van der Waals surface area contributed by atoms with Gasteiger partial charge in [-0.1, -0.05) is 58.0 Å². The van der Waals surface area contributed by atoms with Crippen molar-refractivity contribution >= 4 is 69.4 Å². The normalized spacial score (nSPS) is 17.2. The molecule has 14 nitrogen and oxygen atoms in total. The van der Waals surface area contributed by atoms with Crippen LogP contribution in [0.25, 0.3) is 15.3 Å². The van der Waals surface area contributed by atoms with Gasteiger partial charge in [0, 0.05) is 50.4 Å². The first-order valence-electron chi connectivity index (χ1n) is 23.4. The zero-order chi connectivity index (χ0) is 50.0. The van der Waals surface area contributed by atoms with Crippen LogP contribution in [0.15, 0.2) is 66.2 Å². The molecule has 368 valence electrons.